The average Bonchev–Trinajstić information content (AvgIpc) is 3.57. The number of rotatable bonds is 5. The van der Waals surface area contributed by atoms with E-state index in [1.807, 2.05) is 37.3 Å². The second kappa shape index (κ2) is 8.42. The van der Waals surface area contributed by atoms with Crippen molar-refractivity contribution >= 4 is 55.1 Å². The molecule has 2 atom stereocenters. The fraction of sp³-hybridized carbons (Fsp3) is 0.143. The molecule has 8 heteroatoms. The van der Waals surface area contributed by atoms with Crippen LogP contribution < -0.4 is 9.64 Å². The van der Waals surface area contributed by atoms with Crippen molar-refractivity contribution in [3.63, 3.8) is 0 Å². The van der Waals surface area contributed by atoms with E-state index in [1.165, 1.54) is 16.2 Å². The molecule has 7 nitrogen and oxygen atoms in total. The Morgan fingerprint density at radius 2 is 1.81 bits per heavy atom. The van der Waals surface area contributed by atoms with Crippen LogP contribution in [0.5, 0.6) is 5.75 Å². The molecule has 0 radical (unpaired) electrons. The van der Waals surface area contributed by atoms with Crippen LogP contribution in [-0.4, -0.2) is 29.6 Å². The lowest BCUT2D eigenvalue weighted by atomic mass is 9.88. The van der Waals surface area contributed by atoms with Gasteiger partial charge in [0, 0.05) is 5.39 Å². The summed E-state index contributed by atoms with van der Waals surface area (Å²) >= 11 is 1.32. The Morgan fingerprint density at radius 1 is 1.03 bits per heavy atom. The average molecular weight is 497 g/mol. The lowest BCUT2D eigenvalue weighted by Gasteiger charge is -2.24. The van der Waals surface area contributed by atoms with Gasteiger partial charge >= 0.3 is 0 Å². The number of aryl methyl sites for hydroxylation is 1. The minimum absolute atomic E-state index is 0.0441. The first-order valence-electron chi connectivity index (χ1n) is 11.4. The Balaban J connectivity index is 1.49. The van der Waals surface area contributed by atoms with Gasteiger partial charge in [0.25, 0.3) is 5.91 Å². The summed E-state index contributed by atoms with van der Waals surface area (Å²) in [5.41, 5.74) is 2.95. The highest BCUT2D eigenvalue weighted by molar-refractivity contribution is 7.22. The van der Waals surface area contributed by atoms with Gasteiger partial charge in [0.2, 0.25) is 11.6 Å². The van der Waals surface area contributed by atoms with Crippen LogP contribution in [0.25, 0.3) is 21.2 Å². The predicted octanol–water partition coefficient (Wildman–Crippen LogP) is 5.52. The molecule has 2 unspecified atom stereocenters. The molecule has 0 spiro atoms. The molecule has 2 aromatic heterocycles. The first kappa shape index (κ1) is 22.2. The number of anilines is 1. The number of aromatic nitrogens is 1. The van der Waals surface area contributed by atoms with E-state index in [0.717, 1.165) is 21.2 Å². The van der Waals surface area contributed by atoms with Crippen LogP contribution in [0.3, 0.4) is 0 Å². The molecular formula is C28H20N2O5S. The molecule has 1 saturated heterocycles. The number of para-hydroxylation sites is 1. The van der Waals surface area contributed by atoms with Gasteiger partial charge in [0.1, 0.15) is 17.3 Å². The SMILES string of the molecule is COc1ccc(C2C(C(=O)c3cc4ccccc4o3)C(=O)C(=O)N2c2nc3ccc(C)cc3s2)cc1. The fourth-order valence-corrected chi connectivity index (χ4v) is 5.76. The van der Waals surface area contributed by atoms with Gasteiger partial charge in [-0.05, 0) is 54.4 Å². The monoisotopic (exact) mass is 496 g/mol. The van der Waals surface area contributed by atoms with Gasteiger partial charge in [0.05, 0.1) is 23.4 Å². The van der Waals surface area contributed by atoms with E-state index in [2.05, 4.69) is 4.98 Å². The van der Waals surface area contributed by atoms with E-state index in [1.54, 1.807) is 49.6 Å². The van der Waals surface area contributed by atoms with Gasteiger partial charge in [-0.3, -0.25) is 19.3 Å². The van der Waals surface area contributed by atoms with E-state index < -0.39 is 29.4 Å². The molecule has 5 aromatic rings. The van der Waals surface area contributed by atoms with Crippen molar-refractivity contribution in [2.75, 3.05) is 12.0 Å². The van der Waals surface area contributed by atoms with Gasteiger partial charge in [-0.1, -0.05) is 47.7 Å². The molecule has 6 rings (SSSR count). The van der Waals surface area contributed by atoms with Gasteiger partial charge in [0.15, 0.2) is 10.9 Å². The Kier molecular flexibility index (Phi) is 5.19. The third kappa shape index (κ3) is 3.49. The van der Waals surface area contributed by atoms with Crippen LogP contribution >= 0.6 is 11.3 Å². The van der Waals surface area contributed by atoms with Crippen molar-refractivity contribution in [2.24, 2.45) is 5.92 Å². The number of amides is 1. The molecule has 3 aromatic carbocycles. The van der Waals surface area contributed by atoms with Crippen LogP contribution in [0.4, 0.5) is 5.13 Å². The van der Waals surface area contributed by atoms with Crippen molar-refractivity contribution in [3.05, 3.63) is 89.7 Å². The summed E-state index contributed by atoms with van der Waals surface area (Å²) < 4.78 is 12.0. The van der Waals surface area contributed by atoms with Crippen LogP contribution in [0, 0.1) is 12.8 Å². The summed E-state index contributed by atoms with van der Waals surface area (Å²) in [6.45, 7) is 1.98. The molecule has 1 aliphatic rings. The molecule has 1 aliphatic heterocycles. The minimum Gasteiger partial charge on any atom is -0.497 e. The van der Waals surface area contributed by atoms with E-state index >= 15 is 0 Å². The van der Waals surface area contributed by atoms with Crippen molar-refractivity contribution < 1.29 is 23.5 Å². The smallest absolute Gasteiger partial charge is 0.297 e. The Morgan fingerprint density at radius 3 is 2.56 bits per heavy atom. The summed E-state index contributed by atoms with van der Waals surface area (Å²) in [7, 11) is 1.56. The molecule has 0 N–H and O–H groups in total. The number of hydrogen-bond acceptors (Lipinski definition) is 7. The lowest BCUT2D eigenvalue weighted by Crippen LogP contribution is -2.30. The fourth-order valence-electron chi connectivity index (χ4n) is 4.66. The predicted molar refractivity (Wildman–Crippen MR) is 137 cm³/mol. The third-order valence-electron chi connectivity index (χ3n) is 6.45. The number of thiazole rings is 1. The van der Waals surface area contributed by atoms with E-state index in [9.17, 15) is 14.4 Å². The van der Waals surface area contributed by atoms with Crippen LogP contribution in [0.15, 0.2) is 77.2 Å². The lowest BCUT2D eigenvalue weighted by molar-refractivity contribution is -0.135. The molecule has 0 aliphatic carbocycles. The summed E-state index contributed by atoms with van der Waals surface area (Å²) in [4.78, 5) is 46.5. The molecular weight excluding hydrogens is 476 g/mol. The van der Waals surface area contributed by atoms with Gasteiger partial charge in [-0.2, -0.15) is 0 Å². The molecule has 0 saturated carbocycles. The normalized spacial score (nSPS) is 17.9. The maximum atomic E-state index is 13.7. The van der Waals surface area contributed by atoms with Gasteiger partial charge in [-0.25, -0.2) is 4.98 Å². The summed E-state index contributed by atoms with van der Waals surface area (Å²) in [6.07, 6.45) is 0. The summed E-state index contributed by atoms with van der Waals surface area (Å²) in [6, 6.07) is 20.8. The Labute approximate surface area is 209 Å². The van der Waals surface area contributed by atoms with Crippen molar-refractivity contribution in [1.82, 2.24) is 4.98 Å². The number of carbonyl (C=O) groups excluding carboxylic acids is 3. The Bertz CT molecular complexity index is 1630. The number of ether oxygens (including phenoxy) is 1. The highest BCUT2D eigenvalue weighted by Crippen LogP contribution is 2.44. The largest absolute Gasteiger partial charge is 0.497 e. The zero-order valence-corrected chi connectivity index (χ0v) is 20.2. The molecule has 178 valence electrons. The topological polar surface area (TPSA) is 89.7 Å². The van der Waals surface area contributed by atoms with Gasteiger partial charge in [-0.15, -0.1) is 0 Å². The first-order chi connectivity index (χ1) is 17.4. The summed E-state index contributed by atoms with van der Waals surface area (Å²) in [5.74, 6) is -2.69. The minimum atomic E-state index is -1.28. The standard InChI is InChI=1S/C28H20N2O5S/c1-15-7-12-19-22(13-15)36-28(29-19)30-24(16-8-10-18(34-2)11-9-16)23(26(32)27(30)33)25(31)21-14-17-5-3-4-6-20(17)35-21/h3-14,23-24H,1-2H3. The van der Waals surface area contributed by atoms with E-state index in [4.69, 9.17) is 9.15 Å². The summed E-state index contributed by atoms with van der Waals surface area (Å²) in [5, 5.41) is 1.12. The zero-order valence-electron chi connectivity index (χ0n) is 19.4. The number of fused-ring (bicyclic) bond motifs is 2. The first-order valence-corrected chi connectivity index (χ1v) is 12.2. The van der Waals surface area contributed by atoms with Crippen molar-refractivity contribution in [1.29, 1.82) is 0 Å². The Hall–Kier alpha value is -4.30. The number of furan rings is 1. The number of Topliss-reactive ketones (excluding diaryl/α,β-unsaturated/α-hetero) is 2. The second-order valence-electron chi connectivity index (χ2n) is 8.72. The highest BCUT2D eigenvalue weighted by Gasteiger charge is 2.54. The number of carbonyl (C=O) groups is 3. The van der Waals surface area contributed by atoms with E-state index in [-0.39, 0.29) is 5.76 Å². The molecule has 36 heavy (non-hydrogen) atoms. The quantitative estimate of drug-likeness (QED) is 0.181. The molecule has 1 amide bonds. The van der Waals surface area contributed by atoms with Crippen LogP contribution in [-0.2, 0) is 9.59 Å². The zero-order chi connectivity index (χ0) is 25.0. The van der Waals surface area contributed by atoms with Crippen molar-refractivity contribution in [3.8, 4) is 5.75 Å². The maximum absolute atomic E-state index is 13.7. The molecule has 0 bridgehead atoms. The second-order valence-corrected chi connectivity index (χ2v) is 9.72. The molecule has 3 heterocycles. The number of ketones is 2. The third-order valence-corrected chi connectivity index (χ3v) is 7.47. The number of hydrogen-bond donors (Lipinski definition) is 0. The maximum Gasteiger partial charge on any atom is 0.297 e. The van der Waals surface area contributed by atoms with Crippen molar-refractivity contribution in [2.45, 2.75) is 13.0 Å². The van der Waals surface area contributed by atoms with E-state index in [0.29, 0.717) is 22.0 Å². The number of nitrogens with zero attached hydrogens (tertiary/aromatic N) is 2. The van der Waals surface area contributed by atoms with Crippen LogP contribution in [0.1, 0.15) is 27.7 Å². The molecule has 1 fully saturated rings. The number of benzene rings is 3. The van der Waals surface area contributed by atoms with Crippen LogP contribution in [0.2, 0.25) is 0 Å². The number of methoxy groups -OCH3 is 1. The highest BCUT2D eigenvalue weighted by atomic mass is 32.1. The van der Waals surface area contributed by atoms with Gasteiger partial charge < -0.3 is 9.15 Å².